The predicted molar refractivity (Wildman–Crippen MR) is 99.2 cm³/mol. The van der Waals surface area contributed by atoms with Gasteiger partial charge in [-0.05, 0) is 48.7 Å². The van der Waals surface area contributed by atoms with Gasteiger partial charge in [-0.25, -0.2) is 9.40 Å². The van der Waals surface area contributed by atoms with E-state index < -0.39 is 0 Å². The number of benzene rings is 2. The Kier molecular flexibility index (Phi) is 4.55. The summed E-state index contributed by atoms with van der Waals surface area (Å²) >= 11 is 0. The van der Waals surface area contributed by atoms with Gasteiger partial charge in [-0.3, -0.25) is 9.69 Å². The van der Waals surface area contributed by atoms with E-state index in [1.807, 2.05) is 7.05 Å². The standard InChI is InChI=1S/C21H22FN3O/c1-24(20-12-8-15-4-2-3-5-18(15)20)14-25-21(26)13-11-19(23-25)16-6-9-17(22)10-7-16/h2-7,9-10,20H,8,11-14H2,1H3. The van der Waals surface area contributed by atoms with Crippen LogP contribution in [0, 0.1) is 5.82 Å². The Labute approximate surface area is 152 Å². The summed E-state index contributed by atoms with van der Waals surface area (Å²) in [6.07, 6.45) is 3.16. The number of nitrogens with zero attached hydrogens (tertiary/aromatic N) is 3. The van der Waals surface area contributed by atoms with Crippen LogP contribution in [0.5, 0.6) is 0 Å². The van der Waals surface area contributed by atoms with Crippen molar-refractivity contribution in [3.8, 4) is 0 Å². The lowest BCUT2D eigenvalue weighted by Gasteiger charge is -2.31. The second-order valence-corrected chi connectivity index (χ2v) is 7.00. The largest absolute Gasteiger partial charge is 0.280 e. The van der Waals surface area contributed by atoms with Gasteiger partial charge in [0, 0.05) is 18.9 Å². The first-order valence-corrected chi connectivity index (χ1v) is 9.03. The molecule has 1 atom stereocenters. The number of amides is 1. The van der Waals surface area contributed by atoms with Crippen LogP contribution in [0.4, 0.5) is 4.39 Å². The molecule has 2 aromatic rings. The van der Waals surface area contributed by atoms with E-state index in [0.717, 1.165) is 24.1 Å². The molecule has 1 aliphatic carbocycles. The number of aryl methyl sites for hydroxylation is 1. The van der Waals surface area contributed by atoms with Crippen molar-refractivity contribution < 1.29 is 9.18 Å². The van der Waals surface area contributed by atoms with E-state index in [9.17, 15) is 9.18 Å². The van der Waals surface area contributed by atoms with Gasteiger partial charge in [0.2, 0.25) is 5.91 Å². The number of hydrogen-bond donors (Lipinski definition) is 0. The molecule has 1 amide bonds. The van der Waals surface area contributed by atoms with Crippen molar-refractivity contribution in [1.29, 1.82) is 0 Å². The van der Waals surface area contributed by atoms with Gasteiger partial charge in [-0.15, -0.1) is 0 Å². The number of rotatable bonds is 4. The molecule has 2 aromatic carbocycles. The number of carbonyl (C=O) groups is 1. The average Bonchev–Trinajstić information content (AvgIpc) is 3.08. The Balaban J connectivity index is 1.52. The minimum absolute atomic E-state index is 0.0361. The molecule has 4 rings (SSSR count). The van der Waals surface area contributed by atoms with Crippen LogP contribution >= 0.6 is 0 Å². The molecule has 0 fully saturated rings. The summed E-state index contributed by atoms with van der Waals surface area (Å²) in [5.41, 5.74) is 4.45. The molecule has 0 radical (unpaired) electrons. The van der Waals surface area contributed by atoms with E-state index in [1.165, 1.54) is 23.3 Å². The van der Waals surface area contributed by atoms with Crippen molar-refractivity contribution in [3.05, 3.63) is 71.0 Å². The van der Waals surface area contributed by atoms with Crippen molar-refractivity contribution in [1.82, 2.24) is 9.91 Å². The molecule has 0 bridgehead atoms. The Morgan fingerprint density at radius 3 is 2.69 bits per heavy atom. The van der Waals surface area contributed by atoms with Crippen LogP contribution in [0.1, 0.15) is 42.0 Å². The van der Waals surface area contributed by atoms with E-state index in [1.54, 1.807) is 17.1 Å². The third-order valence-corrected chi connectivity index (χ3v) is 5.27. The van der Waals surface area contributed by atoms with Gasteiger partial charge < -0.3 is 0 Å². The summed E-state index contributed by atoms with van der Waals surface area (Å²) in [5.74, 6) is -0.230. The Morgan fingerprint density at radius 1 is 1.12 bits per heavy atom. The van der Waals surface area contributed by atoms with Crippen molar-refractivity contribution in [2.45, 2.75) is 31.7 Å². The molecule has 5 heteroatoms. The van der Waals surface area contributed by atoms with E-state index in [-0.39, 0.29) is 11.7 Å². The number of carbonyl (C=O) groups excluding carboxylic acids is 1. The molecule has 2 aliphatic rings. The Bertz CT molecular complexity index is 847. The monoisotopic (exact) mass is 351 g/mol. The second kappa shape index (κ2) is 7.00. The minimum Gasteiger partial charge on any atom is -0.280 e. The van der Waals surface area contributed by atoms with E-state index in [4.69, 9.17) is 0 Å². The van der Waals surface area contributed by atoms with Crippen molar-refractivity contribution in [2.24, 2.45) is 5.10 Å². The summed E-state index contributed by atoms with van der Waals surface area (Å²) in [6, 6.07) is 15.1. The van der Waals surface area contributed by atoms with Crippen molar-refractivity contribution in [3.63, 3.8) is 0 Å². The Morgan fingerprint density at radius 2 is 1.88 bits per heavy atom. The highest BCUT2D eigenvalue weighted by atomic mass is 19.1. The van der Waals surface area contributed by atoms with Crippen LogP contribution in [-0.4, -0.2) is 35.2 Å². The second-order valence-electron chi connectivity index (χ2n) is 7.00. The normalized spacial score (nSPS) is 19.7. The fraction of sp³-hybridized carbons (Fsp3) is 0.333. The quantitative estimate of drug-likeness (QED) is 0.841. The molecule has 0 spiro atoms. The maximum Gasteiger partial charge on any atom is 0.244 e. The molecule has 0 aromatic heterocycles. The van der Waals surface area contributed by atoms with Gasteiger partial charge in [0.25, 0.3) is 0 Å². The van der Waals surface area contributed by atoms with Crippen LogP contribution in [0.15, 0.2) is 53.6 Å². The number of hydrogen-bond acceptors (Lipinski definition) is 3. The molecule has 4 nitrogen and oxygen atoms in total. The first-order valence-electron chi connectivity index (χ1n) is 9.03. The van der Waals surface area contributed by atoms with Crippen LogP contribution in [0.25, 0.3) is 0 Å². The summed E-state index contributed by atoms with van der Waals surface area (Å²) in [5, 5.41) is 6.13. The lowest BCUT2D eigenvalue weighted by Crippen LogP contribution is -2.40. The molecule has 1 aliphatic heterocycles. The predicted octanol–water partition coefficient (Wildman–Crippen LogP) is 3.73. The summed E-state index contributed by atoms with van der Waals surface area (Å²) in [4.78, 5) is 14.5. The van der Waals surface area contributed by atoms with Gasteiger partial charge in [-0.2, -0.15) is 5.10 Å². The zero-order chi connectivity index (χ0) is 18.1. The van der Waals surface area contributed by atoms with E-state index in [0.29, 0.717) is 25.6 Å². The molecule has 134 valence electrons. The third-order valence-electron chi connectivity index (χ3n) is 5.27. The number of hydrazone groups is 1. The summed E-state index contributed by atoms with van der Waals surface area (Å²) in [7, 11) is 2.04. The highest BCUT2D eigenvalue weighted by Crippen LogP contribution is 2.35. The average molecular weight is 351 g/mol. The molecular weight excluding hydrogens is 329 g/mol. The summed E-state index contributed by atoms with van der Waals surface area (Å²) in [6.45, 7) is 0.461. The topological polar surface area (TPSA) is 35.9 Å². The van der Waals surface area contributed by atoms with Gasteiger partial charge in [-0.1, -0.05) is 36.4 Å². The smallest absolute Gasteiger partial charge is 0.244 e. The maximum atomic E-state index is 13.1. The molecule has 0 saturated heterocycles. The first-order chi connectivity index (χ1) is 12.6. The number of halogens is 1. The SMILES string of the molecule is CN(CN1N=C(c2ccc(F)cc2)CCC1=O)C1CCc2ccccc21. The Hall–Kier alpha value is -2.53. The summed E-state index contributed by atoms with van der Waals surface area (Å²) < 4.78 is 13.1. The fourth-order valence-corrected chi connectivity index (χ4v) is 3.86. The lowest BCUT2D eigenvalue weighted by molar-refractivity contribution is -0.134. The van der Waals surface area contributed by atoms with Crippen molar-refractivity contribution >= 4 is 11.6 Å². The zero-order valence-corrected chi connectivity index (χ0v) is 14.9. The van der Waals surface area contributed by atoms with Crippen LogP contribution in [0.2, 0.25) is 0 Å². The van der Waals surface area contributed by atoms with E-state index >= 15 is 0 Å². The molecule has 26 heavy (non-hydrogen) atoms. The molecule has 1 unspecified atom stereocenters. The van der Waals surface area contributed by atoms with Crippen LogP contribution in [-0.2, 0) is 11.2 Å². The van der Waals surface area contributed by atoms with Crippen molar-refractivity contribution in [2.75, 3.05) is 13.7 Å². The fourth-order valence-electron chi connectivity index (χ4n) is 3.86. The van der Waals surface area contributed by atoms with E-state index in [2.05, 4.69) is 34.3 Å². The molecular formula is C21H22FN3O. The highest BCUT2D eigenvalue weighted by Gasteiger charge is 2.29. The highest BCUT2D eigenvalue weighted by molar-refractivity contribution is 6.04. The molecule has 1 heterocycles. The molecule has 0 N–H and O–H groups in total. The first kappa shape index (κ1) is 16.9. The molecule has 0 saturated carbocycles. The van der Waals surface area contributed by atoms with Gasteiger partial charge in [0.1, 0.15) is 5.82 Å². The third kappa shape index (κ3) is 3.27. The van der Waals surface area contributed by atoms with Gasteiger partial charge in [0.05, 0.1) is 12.4 Å². The minimum atomic E-state index is -0.266. The number of fused-ring (bicyclic) bond motifs is 1. The van der Waals surface area contributed by atoms with Crippen LogP contribution < -0.4 is 0 Å². The lowest BCUT2D eigenvalue weighted by atomic mass is 10.0. The van der Waals surface area contributed by atoms with Gasteiger partial charge >= 0.3 is 0 Å². The maximum absolute atomic E-state index is 13.1. The van der Waals surface area contributed by atoms with Crippen LogP contribution in [0.3, 0.4) is 0 Å². The van der Waals surface area contributed by atoms with Gasteiger partial charge in [0.15, 0.2) is 0 Å². The zero-order valence-electron chi connectivity index (χ0n) is 14.9.